The Bertz CT molecular complexity index is 483. The number of phenols is 1. The number of aromatic hydroxyl groups is 1. The van der Waals surface area contributed by atoms with Crippen LogP contribution < -0.4 is 10.5 Å². The minimum absolute atomic E-state index is 0.226. The number of pyridine rings is 1. The molecule has 4 heteroatoms. The summed E-state index contributed by atoms with van der Waals surface area (Å²) in [5.41, 5.74) is 7.61. The van der Waals surface area contributed by atoms with Crippen molar-refractivity contribution in [3.8, 4) is 11.5 Å². The van der Waals surface area contributed by atoms with E-state index < -0.39 is 0 Å². The second-order valence-electron chi connectivity index (χ2n) is 3.63. The first-order chi connectivity index (χ1) is 8.29. The Morgan fingerprint density at radius 3 is 2.59 bits per heavy atom. The highest BCUT2D eigenvalue weighted by Crippen LogP contribution is 2.17. The zero-order chi connectivity index (χ0) is 12.1. The lowest BCUT2D eigenvalue weighted by molar-refractivity contribution is 0.304. The molecule has 2 aromatic rings. The van der Waals surface area contributed by atoms with E-state index in [2.05, 4.69) is 4.98 Å². The second kappa shape index (κ2) is 5.32. The number of nitrogens with two attached hydrogens (primary N) is 1. The van der Waals surface area contributed by atoms with Gasteiger partial charge in [0.25, 0.3) is 0 Å². The van der Waals surface area contributed by atoms with Crippen molar-refractivity contribution in [2.75, 3.05) is 0 Å². The summed E-state index contributed by atoms with van der Waals surface area (Å²) in [5.74, 6) is 0.937. The number of aromatic nitrogens is 1. The molecule has 0 spiro atoms. The molecule has 0 aliphatic heterocycles. The molecule has 1 aromatic carbocycles. The van der Waals surface area contributed by atoms with Crippen LogP contribution in [0, 0.1) is 0 Å². The average Bonchev–Trinajstić information content (AvgIpc) is 2.38. The summed E-state index contributed by atoms with van der Waals surface area (Å²) >= 11 is 0. The summed E-state index contributed by atoms with van der Waals surface area (Å²) < 4.78 is 5.60. The number of phenolic OH excluding ortho intramolecular Hbond substituents is 1. The van der Waals surface area contributed by atoms with E-state index in [1.807, 2.05) is 6.07 Å². The van der Waals surface area contributed by atoms with Crippen molar-refractivity contribution in [3.63, 3.8) is 0 Å². The smallest absolute Gasteiger partial charge is 0.120 e. The Labute approximate surface area is 99.7 Å². The molecular weight excluding hydrogens is 216 g/mol. The number of ether oxygens (including phenoxy) is 1. The Balaban J connectivity index is 2.04. The number of rotatable bonds is 4. The third kappa shape index (κ3) is 2.95. The molecule has 0 radical (unpaired) electrons. The first-order valence-electron chi connectivity index (χ1n) is 5.33. The largest absolute Gasteiger partial charge is 0.508 e. The van der Waals surface area contributed by atoms with Gasteiger partial charge >= 0.3 is 0 Å². The molecule has 1 heterocycles. The molecule has 88 valence electrons. The first kappa shape index (κ1) is 11.4. The third-order valence-corrected chi connectivity index (χ3v) is 2.46. The molecule has 17 heavy (non-hydrogen) atoms. The van der Waals surface area contributed by atoms with E-state index in [4.69, 9.17) is 15.6 Å². The van der Waals surface area contributed by atoms with E-state index in [1.165, 1.54) is 0 Å². The fourth-order valence-corrected chi connectivity index (χ4v) is 1.48. The predicted molar refractivity (Wildman–Crippen MR) is 64.6 cm³/mol. The Hall–Kier alpha value is -2.07. The van der Waals surface area contributed by atoms with Gasteiger partial charge in [-0.15, -0.1) is 0 Å². The lowest BCUT2D eigenvalue weighted by Gasteiger charge is -2.09. The van der Waals surface area contributed by atoms with Crippen LogP contribution in [0.5, 0.6) is 11.5 Å². The van der Waals surface area contributed by atoms with E-state index in [-0.39, 0.29) is 5.75 Å². The van der Waals surface area contributed by atoms with E-state index in [9.17, 15) is 0 Å². The van der Waals surface area contributed by atoms with Crippen molar-refractivity contribution in [2.45, 2.75) is 13.2 Å². The molecule has 0 atom stereocenters. The van der Waals surface area contributed by atoms with Crippen LogP contribution in [0.1, 0.15) is 11.1 Å². The van der Waals surface area contributed by atoms with Gasteiger partial charge < -0.3 is 15.6 Å². The summed E-state index contributed by atoms with van der Waals surface area (Å²) in [5, 5.41) is 9.14. The maximum absolute atomic E-state index is 9.14. The van der Waals surface area contributed by atoms with Gasteiger partial charge in [0.15, 0.2) is 0 Å². The molecular formula is C13H14N2O2. The molecule has 0 saturated heterocycles. The van der Waals surface area contributed by atoms with E-state index in [0.717, 1.165) is 11.1 Å². The van der Waals surface area contributed by atoms with Crippen molar-refractivity contribution < 1.29 is 9.84 Å². The molecule has 0 bridgehead atoms. The lowest BCUT2D eigenvalue weighted by atomic mass is 10.1. The summed E-state index contributed by atoms with van der Waals surface area (Å²) in [7, 11) is 0. The van der Waals surface area contributed by atoms with Crippen molar-refractivity contribution >= 4 is 0 Å². The van der Waals surface area contributed by atoms with Gasteiger partial charge in [0.2, 0.25) is 0 Å². The van der Waals surface area contributed by atoms with Gasteiger partial charge in [0.05, 0.1) is 0 Å². The molecule has 4 nitrogen and oxygen atoms in total. The fourth-order valence-electron chi connectivity index (χ4n) is 1.48. The minimum atomic E-state index is 0.226. The highest BCUT2D eigenvalue weighted by molar-refractivity contribution is 5.31. The van der Waals surface area contributed by atoms with Crippen molar-refractivity contribution in [1.82, 2.24) is 4.98 Å². The first-order valence-corrected chi connectivity index (χ1v) is 5.33. The van der Waals surface area contributed by atoms with Crippen LogP contribution >= 0.6 is 0 Å². The van der Waals surface area contributed by atoms with E-state index in [0.29, 0.717) is 18.9 Å². The zero-order valence-electron chi connectivity index (χ0n) is 9.34. The van der Waals surface area contributed by atoms with Gasteiger partial charge in [-0.05, 0) is 41.5 Å². The number of hydrogen-bond acceptors (Lipinski definition) is 4. The van der Waals surface area contributed by atoms with E-state index >= 15 is 0 Å². The topological polar surface area (TPSA) is 68.4 Å². The zero-order valence-corrected chi connectivity index (χ0v) is 9.34. The Kier molecular flexibility index (Phi) is 3.57. The van der Waals surface area contributed by atoms with Gasteiger partial charge in [-0.2, -0.15) is 0 Å². The molecule has 0 amide bonds. The molecule has 0 saturated carbocycles. The van der Waals surface area contributed by atoms with Crippen LogP contribution in [0.25, 0.3) is 0 Å². The molecule has 0 aliphatic rings. The van der Waals surface area contributed by atoms with Gasteiger partial charge in [0.1, 0.15) is 18.1 Å². The van der Waals surface area contributed by atoms with Crippen LogP contribution in [0.3, 0.4) is 0 Å². The van der Waals surface area contributed by atoms with Gasteiger partial charge in [-0.1, -0.05) is 0 Å². The van der Waals surface area contributed by atoms with Gasteiger partial charge in [0, 0.05) is 18.9 Å². The van der Waals surface area contributed by atoms with Gasteiger partial charge in [-0.3, -0.25) is 4.98 Å². The molecule has 0 fully saturated rings. The number of benzene rings is 1. The summed E-state index contributed by atoms with van der Waals surface area (Å²) in [6, 6.07) is 8.51. The summed E-state index contributed by atoms with van der Waals surface area (Å²) in [4.78, 5) is 4.01. The maximum atomic E-state index is 9.14. The Morgan fingerprint density at radius 1 is 1.12 bits per heavy atom. The molecule has 3 N–H and O–H groups in total. The van der Waals surface area contributed by atoms with Gasteiger partial charge in [-0.25, -0.2) is 0 Å². The monoisotopic (exact) mass is 230 g/mol. The third-order valence-electron chi connectivity index (χ3n) is 2.46. The highest BCUT2D eigenvalue weighted by Gasteiger charge is 2.01. The number of nitrogens with zero attached hydrogens (tertiary/aromatic N) is 1. The van der Waals surface area contributed by atoms with E-state index in [1.54, 1.807) is 36.7 Å². The van der Waals surface area contributed by atoms with Crippen molar-refractivity contribution in [1.29, 1.82) is 0 Å². The fraction of sp³-hybridized carbons (Fsp3) is 0.154. The Morgan fingerprint density at radius 2 is 1.88 bits per heavy atom. The van der Waals surface area contributed by atoms with Crippen LogP contribution in [0.4, 0.5) is 0 Å². The van der Waals surface area contributed by atoms with Crippen molar-refractivity contribution in [2.24, 2.45) is 5.73 Å². The second-order valence-corrected chi connectivity index (χ2v) is 3.63. The normalized spacial score (nSPS) is 10.2. The standard InChI is InChI=1S/C13H14N2O2/c14-7-11-8-15-6-5-10(11)9-17-13-3-1-12(16)2-4-13/h1-6,8,16H,7,9,14H2. The SMILES string of the molecule is NCc1cnccc1COc1ccc(O)cc1. The molecule has 0 unspecified atom stereocenters. The average molecular weight is 230 g/mol. The van der Waals surface area contributed by atoms with Crippen LogP contribution in [0.15, 0.2) is 42.7 Å². The summed E-state index contributed by atoms with van der Waals surface area (Å²) in [6.07, 6.45) is 3.46. The molecule has 0 aliphatic carbocycles. The maximum Gasteiger partial charge on any atom is 0.120 e. The van der Waals surface area contributed by atoms with Crippen LogP contribution in [-0.4, -0.2) is 10.1 Å². The number of hydrogen-bond donors (Lipinski definition) is 2. The quantitative estimate of drug-likeness (QED) is 0.840. The van der Waals surface area contributed by atoms with Crippen molar-refractivity contribution in [3.05, 3.63) is 53.9 Å². The predicted octanol–water partition coefficient (Wildman–Crippen LogP) is 1.82. The summed E-state index contributed by atoms with van der Waals surface area (Å²) in [6.45, 7) is 0.891. The highest BCUT2D eigenvalue weighted by atomic mass is 16.5. The molecule has 2 rings (SSSR count). The van der Waals surface area contributed by atoms with Crippen LogP contribution in [-0.2, 0) is 13.2 Å². The molecule has 1 aromatic heterocycles. The minimum Gasteiger partial charge on any atom is -0.508 e. The van der Waals surface area contributed by atoms with Crippen LogP contribution in [0.2, 0.25) is 0 Å². The lowest BCUT2D eigenvalue weighted by Crippen LogP contribution is -2.05.